The molecule has 0 bridgehead atoms. The number of benzene rings is 1. The van der Waals surface area contributed by atoms with Gasteiger partial charge >= 0.3 is 0 Å². The second-order valence-electron chi connectivity index (χ2n) is 3.67. The van der Waals surface area contributed by atoms with E-state index in [2.05, 4.69) is 5.32 Å². The van der Waals surface area contributed by atoms with Crippen molar-refractivity contribution in [1.29, 1.82) is 0 Å². The van der Waals surface area contributed by atoms with E-state index in [9.17, 15) is 4.79 Å². The maximum absolute atomic E-state index is 10.6. The lowest BCUT2D eigenvalue weighted by atomic mass is 10.1. The highest BCUT2D eigenvalue weighted by Gasteiger charge is 2.04. The normalized spacial score (nSPS) is 12.1. The molecule has 3 N–H and O–H groups in total. The number of carbonyl (C=O) groups excluding carboxylic acids is 1. The summed E-state index contributed by atoms with van der Waals surface area (Å²) in [6, 6.07) is 8.04. The number of carbonyl (C=O) groups is 1. The van der Waals surface area contributed by atoms with Crippen LogP contribution in [0.25, 0.3) is 0 Å². The molecule has 4 nitrogen and oxygen atoms in total. The summed E-state index contributed by atoms with van der Waals surface area (Å²) in [6.07, 6.45) is 0.362. The third kappa shape index (κ3) is 3.90. The van der Waals surface area contributed by atoms with E-state index in [1.165, 1.54) is 0 Å². The Balaban J connectivity index is 2.45. The van der Waals surface area contributed by atoms with Crippen LogP contribution in [0.2, 0.25) is 0 Å². The molecule has 1 aromatic carbocycles. The lowest BCUT2D eigenvalue weighted by Crippen LogP contribution is -2.24. The molecular weight excluding hydrogens is 204 g/mol. The Labute approximate surface area is 95.8 Å². The van der Waals surface area contributed by atoms with Crippen LogP contribution in [0.3, 0.4) is 0 Å². The molecule has 1 rings (SSSR count). The summed E-state index contributed by atoms with van der Waals surface area (Å²) < 4.78 is 5.08. The number of amides is 1. The molecule has 1 amide bonds. The SMILES string of the molecule is COc1ccc(C(C)NCCC(N)=O)cc1. The minimum atomic E-state index is -0.283. The van der Waals surface area contributed by atoms with Crippen molar-refractivity contribution in [3.63, 3.8) is 0 Å². The van der Waals surface area contributed by atoms with Gasteiger partial charge in [-0.25, -0.2) is 0 Å². The summed E-state index contributed by atoms with van der Waals surface area (Å²) in [5.41, 5.74) is 6.22. The number of hydrogen-bond donors (Lipinski definition) is 2. The molecule has 0 spiro atoms. The van der Waals surface area contributed by atoms with Crippen LogP contribution in [-0.2, 0) is 4.79 Å². The van der Waals surface area contributed by atoms with Crippen molar-refractivity contribution in [1.82, 2.24) is 5.32 Å². The highest BCUT2D eigenvalue weighted by molar-refractivity contribution is 5.73. The number of methoxy groups -OCH3 is 1. The zero-order valence-electron chi connectivity index (χ0n) is 9.69. The Kier molecular flexibility index (Phi) is 4.79. The predicted molar refractivity (Wildman–Crippen MR) is 63.2 cm³/mol. The van der Waals surface area contributed by atoms with Gasteiger partial charge in [0.15, 0.2) is 0 Å². The summed E-state index contributed by atoms with van der Waals surface area (Å²) in [5.74, 6) is 0.558. The van der Waals surface area contributed by atoms with Crippen LogP contribution < -0.4 is 15.8 Å². The molecule has 0 radical (unpaired) electrons. The first-order valence-corrected chi connectivity index (χ1v) is 5.29. The molecule has 0 saturated carbocycles. The fourth-order valence-corrected chi connectivity index (χ4v) is 1.42. The molecule has 4 heteroatoms. The number of ether oxygens (including phenoxy) is 1. The van der Waals surface area contributed by atoms with Crippen molar-refractivity contribution >= 4 is 5.91 Å². The maximum Gasteiger partial charge on any atom is 0.218 e. The minimum absolute atomic E-state index is 0.199. The van der Waals surface area contributed by atoms with E-state index in [-0.39, 0.29) is 11.9 Å². The van der Waals surface area contributed by atoms with E-state index in [0.29, 0.717) is 13.0 Å². The quantitative estimate of drug-likeness (QED) is 0.760. The average Bonchev–Trinajstić information content (AvgIpc) is 2.28. The van der Waals surface area contributed by atoms with Crippen LogP contribution in [0.4, 0.5) is 0 Å². The van der Waals surface area contributed by atoms with Gasteiger partial charge in [-0.3, -0.25) is 4.79 Å². The number of hydrogen-bond acceptors (Lipinski definition) is 3. The molecule has 0 aliphatic rings. The molecule has 0 aliphatic heterocycles. The highest BCUT2D eigenvalue weighted by Crippen LogP contribution is 2.16. The van der Waals surface area contributed by atoms with Crippen molar-refractivity contribution in [3.05, 3.63) is 29.8 Å². The Morgan fingerprint density at radius 3 is 2.56 bits per heavy atom. The summed E-state index contributed by atoms with van der Waals surface area (Å²) in [4.78, 5) is 10.6. The number of rotatable bonds is 6. The van der Waals surface area contributed by atoms with Crippen LogP contribution in [-0.4, -0.2) is 19.6 Å². The van der Waals surface area contributed by atoms with E-state index < -0.39 is 0 Å². The molecule has 88 valence electrons. The summed E-state index contributed by atoms with van der Waals surface area (Å²) in [5, 5.41) is 3.23. The van der Waals surface area contributed by atoms with Gasteiger partial charge in [0.05, 0.1) is 7.11 Å². The topological polar surface area (TPSA) is 64.3 Å². The zero-order chi connectivity index (χ0) is 12.0. The van der Waals surface area contributed by atoms with Crippen molar-refractivity contribution in [2.45, 2.75) is 19.4 Å². The summed E-state index contributed by atoms with van der Waals surface area (Å²) in [7, 11) is 1.64. The van der Waals surface area contributed by atoms with Crippen molar-refractivity contribution in [2.75, 3.05) is 13.7 Å². The van der Waals surface area contributed by atoms with Gasteiger partial charge in [0.2, 0.25) is 5.91 Å². The van der Waals surface area contributed by atoms with Crippen molar-refractivity contribution in [3.8, 4) is 5.75 Å². The number of nitrogens with two attached hydrogens (primary N) is 1. The van der Waals surface area contributed by atoms with Crippen molar-refractivity contribution < 1.29 is 9.53 Å². The molecule has 0 heterocycles. The molecule has 0 aliphatic carbocycles. The molecular formula is C12H18N2O2. The van der Waals surface area contributed by atoms with Gasteiger partial charge in [-0.15, -0.1) is 0 Å². The molecule has 0 fully saturated rings. The van der Waals surface area contributed by atoms with Gasteiger partial charge in [0.25, 0.3) is 0 Å². The van der Waals surface area contributed by atoms with Gasteiger partial charge in [0, 0.05) is 19.0 Å². The van der Waals surface area contributed by atoms with Gasteiger partial charge in [0.1, 0.15) is 5.75 Å². The lowest BCUT2D eigenvalue weighted by Gasteiger charge is -2.13. The molecule has 1 unspecified atom stereocenters. The first-order chi connectivity index (χ1) is 7.63. The highest BCUT2D eigenvalue weighted by atomic mass is 16.5. The van der Waals surface area contributed by atoms with Gasteiger partial charge in [-0.2, -0.15) is 0 Å². The molecule has 0 aromatic heterocycles. The molecule has 0 saturated heterocycles. The van der Waals surface area contributed by atoms with E-state index >= 15 is 0 Å². The van der Waals surface area contributed by atoms with Gasteiger partial charge in [-0.05, 0) is 24.6 Å². The monoisotopic (exact) mass is 222 g/mol. The van der Waals surface area contributed by atoms with Crippen LogP contribution in [0, 0.1) is 0 Å². The second-order valence-corrected chi connectivity index (χ2v) is 3.67. The van der Waals surface area contributed by atoms with Gasteiger partial charge in [-0.1, -0.05) is 12.1 Å². The standard InChI is InChI=1S/C12H18N2O2/c1-9(14-8-7-12(13)15)10-3-5-11(16-2)6-4-10/h3-6,9,14H,7-8H2,1-2H3,(H2,13,15). The van der Waals surface area contributed by atoms with Crippen LogP contribution in [0.5, 0.6) is 5.75 Å². The van der Waals surface area contributed by atoms with Gasteiger partial charge < -0.3 is 15.8 Å². The third-order valence-electron chi connectivity index (χ3n) is 2.44. The Morgan fingerprint density at radius 1 is 1.44 bits per heavy atom. The summed E-state index contributed by atoms with van der Waals surface area (Å²) in [6.45, 7) is 2.64. The first kappa shape index (κ1) is 12.5. The predicted octanol–water partition coefficient (Wildman–Crippen LogP) is 1.22. The average molecular weight is 222 g/mol. The van der Waals surface area contributed by atoms with E-state index in [0.717, 1.165) is 11.3 Å². The Morgan fingerprint density at radius 2 is 2.06 bits per heavy atom. The Hall–Kier alpha value is -1.55. The molecule has 1 aromatic rings. The fourth-order valence-electron chi connectivity index (χ4n) is 1.42. The maximum atomic E-state index is 10.6. The zero-order valence-corrected chi connectivity index (χ0v) is 9.69. The first-order valence-electron chi connectivity index (χ1n) is 5.29. The number of nitrogens with one attached hydrogen (secondary N) is 1. The molecule has 16 heavy (non-hydrogen) atoms. The smallest absolute Gasteiger partial charge is 0.218 e. The number of primary amides is 1. The lowest BCUT2D eigenvalue weighted by molar-refractivity contribution is -0.117. The second kappa shape index (κ2) is 6.12. The minimum Gasteiger partial charge on any atom is -0.497 e. The Bertz CT molecular complexity index is 335. The fraction of sp³-hybridized carbons (Fsp3) is 0.417. The largest absolute Gasteiger partial charge is 0.497 e. The van der Waals surface area contributed by atoms with E-state index in [4.69, 9.17) is 10.5 Å². The van der Waals surface area contributed by atoms with E-state index in [1.54, 1.807) is 7.11 Å². The van der Waals surface area contributed by atoms with Crippen LogP contribution >= 0.6 is 0 Å². The van der Waals surface area contributed by atoms with E-state index in [1.807, 2.05) is 31.2 Å². The summed E-state index contributed by atoms with van der Waals surface area (Å²) >= 11 is 0. The van der Waals surface area contributed by atoms with Crippen LogP contribution in [0.15, 0.2) is 24.3 Å². The van der Waals surface area contributed by atoms with Crippen LogP contribution in [0.1, 0.15) is 24.9 Å². The third-order valence-corrected chi connectivity index (χ3v) is 2.44. The molecule has 1 atom stereocenters. The van der Waals surface area contributed by atoms with Crippen molar-refractivity contribution in [2.24, 2.45) is 5.73 Å².